The number of aliphatic hydroxyl groups is 1. The molecule has 0 aliphatic rings. The van der Waals surface area contributed by atoms with E-state index in [1.165, 1.54) is 0 Å². The SMILES string of the molecule is CCCC(CN)(CO)Cc1ccc(OC)c(Br)c1. The molecule has 0 bridgehead atoms. The van der Waals surface area contributed by atoms with E-state index >= 15 is 0 Å². The molecule has 1 aromatic carbocycles. The van der Waals surface area contributed by atoms with Crippen LogP contribution in [0.3, 0.4) is 0 Å². The van der Waals surface area contributed by atoms with Crippen molar-refractivity contribution in [1.29, 1.82) is 0 Å². The van der Waals surface area contributed by atoms with Crippen molar-refractivity contribution in [3.05, 3.63) is 28.2 Å². The second kappa shape index (κ2) is 7.12. The Kier molecular flexibility index (Phi) is 6.12. The van der Waals surface area contributed by atoms with Crippen LogP contribution in [0.5, 0.6) is 5.75 Å². The summed E-state index contributed by atoms with van der Waals surface area (Å²) in [7, 11) is 1.65. The van der Waals surface area contributed by atoms with Gasteiger partial charge in [-0.25, -0.2) is 0 Å². The molecule has 0 spiro atoms. The molecule has 3 nitrogen and oxygen atoms in total. The van der Waals surface area contributed by atoms with E-state index in [1.54, 1.807) is 7.11 Å². The topological polar surface area (TPSA) is 55.5 Å². The first-order valence-corrected chi connectivity index (χ1v) is 7.03. The van der Waals surface area contributed by atoms with Gasteiger partial charge in [0.25, 0.3) is 0 Å². The van der Waals surface area contributed by atoms with Crippen molar-refractivity contribution in [2.24, 2.45) is 11.1 Å². The van der Waals surface area contributed by atoms with E-state index in [0.717, 1.165) is 35.0 Å². The summed E-state index contributed by atoms with van der Waals surface area (Å²) < 4.78 is 6.14. The molecule has 3 N–H and O–H groups in total. The number of nitrogens with two attached hydrogens (primary N) is 1. The highest BCUT2D eigenvalue weighted by atomic mass is 79.9. The van der Waals surface area contributed by atoms with Gasteiger partial charge >= 0.3 is 0 Å². The molecule has 1 rings (SSSR count). The van der Waals surface area contributed by atoms with Gasteiger partial charge in [-0.15, -0.1) is 0 Å². The van der Waals surface area contributed by atoms with Gasteiger partial charge in [0.2, 0.25) is 0 Å². The zero-order chi connectivity index (χ0) is 13.6. The fourth-order valence-corrected chi connectivity index (χ4v) is 2.83. The van der Waals surface area contributed by atoms with Gasteiger partial charge < -0.3 is 15.6 Å². The number of halogens is 1. The minimum atomic E-state index is -0.206. The smallest absolute Gasteiger partial charge is 0.133 e. The highest BCUT2D eigenvalue weighted by Crippen LogP contribution is 2.31. The lowest BCUT2D eigenvalue weighted by molar-refractivity contribution is 0.121. The molecule has 1 unspecified atom stereocenters. The predicted octanol–water partition coefficient (Wildman–Crippen LogP) is 2.74. The van der Waals surface area contributed by atoms with E-state index < -0.39 is 0 Å². The minimum Gasteiger partial charge on any atom is -0.496 e. The molecule has 0 radical (unpaired) electrons. The molecular weight excluding hydrogens is 294 g/mol. The molecule has 0 aliphatic carbocycles. The third-order valence-electron chi connectivity index (χ3n) is 3.34. The Morgan fingerprint density at radius 3 is 2.61 bits per heavy atom. The summed E-state index contributed by atoms with van der Waals surface area (Å²) in [4.78, 5) is 0. The first-order chi connectivity index (χ1) is 8.60. The maximum absolute atomic E-state index is 9.62. The van der Waals surface area contributed by atoms with Crippen LogP contribution in [0.1, 0.15) is 25.3 Å². The summed E-state index contributed by atoms with van der Waals surface area (Å²) in [6.07, 6.45) is 2.75. The largest absolute Gasteiger partial charge is 0.496 e. The lowest BCUT2D eigenvalue weighted by Crippen LogP contribution is -2.36. The first kappa shape index (κ1) is 15.5. The van der Waals surface area contributed by atoms with Crippen molar-refractivity contribution in [3.8, 4) is 5.75 Å². The zero-order valence-corrected chi connectivity index (χ0v) is 12.7. The van der Waals surface area contributed by atoms with E-state index in [2.05, 4.69) is 22.9 Å². The van der Waals surface area contributed by atoms with E-state index in [4.69, 9.17) is 10.5 Å². The molecule has 0 saturated carbocycles. The first-order valence-electron chi connectivity index (χ1n) is 6.24. The number of ether oxygens (including phenoxy) is 1. The summed E-state index contributed by atoms with van der Waals surface area (Å²) >= 11 is 3.48. The maximum atomic E-state index is 9.62. The van der Waals surface area contributed by atoms with Crippen LogP contribution < -0.4 is 10.5 Å². The van der Waals surface area contributed by atoms with Crippen LogP contribution in [0.4, 0.5) is 0 Å². The molecule has 1 atom stereocenters. The Balaban J connectivity index is 2.90. The molecule has 102 valence electrons. The van der Waals surface area contributed by atoms with Gasteiger partial charge in [0.1, 0.15) is 5.75 Å². The van der Waals surface area contributed by atoms with Gasteiger partial charge in [0.05, 0.1) is 18.2 Å². The Hall–Kier alpha value is -0.580. The molecule has 18 heavy (non-hydrogen) atoms. The molecule has 4 heteroatoms. The van der Waals surface area contributed by atoms with Gasteiger partial charge in [-0.1, -0.05) is 19.4 Å². The zero-order valence-electron chi connectivity index (χ0n) is 11.1. The van der Waals surface area contributed by atoms with E-state index in [0.29, 0.717) is 6.54 Å². The van der Waals surface area contributed by atoms with Gasteiger partial charge in [-0.3, -0.25) is 0 Å². The summed E-state index contributed by atoms with van der Waals surface area (Å²) in [5.41, 5.74) is 6.81. The lowest BCUT2D eigenvalue weighted by atomic mass is 9.78. The van der Waals surface area contributed by atoms with E-state index in [9.17, 15) is 5.11 Å². The van der Waals surface area contributed by atoms with Crippen LogP contribution in [0.25, 0.3) is 0 Å². The van der Waals surface area contributed by atoms with Crippen molar-refractivity contribution in [1.82, 2.24) is 0 Å². The van der Waals surface area contributed by atoms with Crippen LogP contribution in [-0.2, 0) is 6.42 Å². The second-order valence-corrected chi connectivity index (χ2v) is 5.61. The summed E-state index contributed by atoms with van der Waals surface area (Å²) in [5, 5.41) is 9.62. The second-order valence-electron chi connectivity index (χ2n) is 4.76. The van der Waals surface area contributed by atoms with Crippen LogP contribution in [-0.4, -0.2) is 25.4 Å². The maximum Gasteiger partial charge on any atom is 0.133 e. The van der Waals surface area contributed by atoms with Crippen molar-refractivity contribution >= 4 is 15.9 Å². The van der Waals surface area contributed by atoms with Crippen LogP contribution in [0.2, 0.25) is 0 Å². The van der Waals surface area contributed by atoms with Crippen molar-refractivity contribution in [3.63, 3.8) is 0 Å². The number of aliphatic hydroxyl groups excluding tert-OH is 1. The number of rotatable bonds is 7. The summed E-state index contributed by atoms with van der Waals surface area (Å²) in [5.74, 6) is 0.816. The van der Waals surface area contributed by atoms with Crippen molar-refractivity contribution < 1.29 is 9.84 Å². The normalized spacial score (nSPS) is 14.3. The molecule has 0 fully saturated rings. The molecule has 0 heterocycles. The molecular formula is C14H22BrNO2. The fraction of sp³-hybridized carbons (Fsp3) is 0.571. The summed E-state index contributed by atoms with van der Waals surface area (Å²) in [6, 6.07) is 6.00. The average molecular weight is 316 g/mol. The highest BCUT2D eigenvalue weighted by molar-refractivity contribution is 9.10. The van der Waals surface area contributed by atoms with Crippen LogP contribution in [0.15, 0.2) is 22.7 Å². The molecule has 0 amide bonds. The molecule has 0 saturated heterocycles. The molecule has 0 aromatic heterocycles. The Bertz CT molecular complexity index is 378. The van der Waals surface area contributed by atoms with Gasteiger partial charge in [-0.05, 0) is 46.5 Å². The van der Waals surface area contributed by atoms with Gasteiger partial charge in [-0.2, -0.15) is 0 Å². The third kappa shape index (κ3) is 3.70. The van der Waals surface area contributed by atoms with E-state index in [1.807, 2.05) is 18.2 Å². The van der Waals surface area contributed by atoms with Gasteiger partial charge in [0, 0.05) is 12.0 Å². The summed E-state index contributed by atoms with van der Waals surface area (Å²) in [6.45, 7) is 2.74. The lowest BCUT2D eigenvalue weighted by Gasteiger charge is -2.30. The highest BCUT2D eigenvalue weighted by Gasteiger charge is 2.27. The molecule has 0 aliphatic heterocycles. The van der Waals surface area contributed by atoms with Crippen LogP contribution in [0, 0.1) is 5.41 Å². The predicted molar refractivity (Wildman–Crippen MR) is 77.9 cm³/mol. The minimum absolute atomic E-state index is 0.126. The Morgan fingerprint density at radius 1 is 1.44 bits per heavy atom. The van der Waals surface area contributed by atoms with Gasteiger partial charge in [0.15, 0.2) is 0 Å². The third-order valence-corrected chi connectivity index (χ3v) is 3.96. The number of hydrogen-bond acceptors (Lipinski definition) is 3. The Labute approximate surface area is 117 Å². The number of benzene rings is 1. The fourth-order valence-electron chi connectivity index (χ4n) is 2.25. The quantitative estimate of drug-likeness (QED) is 0.813. The van der Waals surface area contributed by atoms with Crippen molar-refractivity contribution in [2.45, 2.75) is 26.2 Å². The molecule has 1 aromatic rings. The standard InChI is InChI=1S/C14H22BrNO2/c1-3-6-14(9-16,10-17)8-11-4-5-13(18-2)12(15)7-11/h4-5,7,17H,3,6,8-10,16H2,1-2H3. The average Bonchev–Trinajstić information content (AvgIpc) is 2.38. The number of methoxy groups -OCH3 is 1. The van der Waals surface area contributed by atoms with E-state index in [-0.39, 0.29) is 12.0 Å². The Morgan fingerprint density at radius 2 is 2.17 bits per heavy atom. The van der Waals surface area contributed by atoms with Crippen LogP contribution >= 0.6 is 15.9 Å². The number of hydrogen-bond donors (Lipinski definition) is 2. The monoisotopic (exact) mass is 315 g/mol. The van der Waals surface area contributed by atoms with Crippen molar-refractivity contribution in [2.75, 3.05) is 20.3 Å².